The van der Waals surface area contributed by atoms with E-state index in [0.717, 1.165) is 0 Å². The number of rotatable bonds is 2. The van der Waals surface area contributed by atoms with Crippen LogP contribution in [0.3, 0.4) is 0 Å². The molecule has 0 fully saturated rings. The van der Waals surface area contributed by atoms with Gasteiger partial charge in [0, 0.05) is 16.0 Å². The Morgan fingerprint density at radius 1 is 1.18 bits per heavy atom. The van der Waals surface area contributed by atoms with Crippen LogP contribution in [-0.4, -0.2) is 21.2 Å². The zero-order valence-corrected chi connectivity index (χ0v) is 11.8. The van der Waals surface area contributed by atoms with Crippen LogP contribution in [0.2, 0.25) is 5.02 Å². The van der Waals surface area contributed by atoms with Crippen molar-refractivity contribution >= 4 is 28.1 Å². The molecule has 0 spiro atoms. The van der Waals surface area contributed by atoms with Gasteiger partial charge in [-0.1, -0.05) is 40.1 Å². The van der Waals surface area contributed by atoms with Gasteiger partial charge in [0.15, 0.2) is 0 Å². The second-order valence-electron chi connectivity index (χ2n) is 4.47. The summed E-state index contributed by atoms with van der Waals surface area (Å²) in [6.07, 6.45) is 0. The van der Waals surface area contributed by atoms with Crippen molar-refractivity contribution in [1.82, 2.24) is 5.16 Å². The van der Waals surface area contributed by atoms with E-state index in [1.807, 2.05) is 0 Å². The lowest BCUT2D eigenvalue weighted by Gasteiger charge is -2.08. The molecule has 0 radical (unpaired) electrons. The molecule has 110 valence electrons. The Morgan fingerprint density at radius 2 is 1.91 bits per heavy atom. The molecule has 0 aliphatic carbocycles. The molecule has 2 N–H and O–H groups in total. The third-order valence-corrected chi connectivity index (χ3v) is 3.40. The second kappa shape index (κ2) is 5.50. The quantitative estimate of drug-likeness (QED) is 0.430. The fraction of sp³-hybridized carbons (Fsp3) is 0. The van der Waals surface area contributed by atoms with Crippen LogP contribution in [-0.2, 0) is 0 Å². The van der Waals surface area contributed by atoms with E-state index in [4.69, 9.17) is 16.1 Å². The molecule has 0 saturated carbocycles. The molecule has 1 aromatic heterocycles. The Morgan fingerprint density at radius 3 is 2.64 bits per heavy atom. The number of fused-ring (bicyclic) bond motifs is 1. The van der Waals surface area contributed by atoms with Gasteiger partial charge in [-0.2, -0.15) is 0 Å². The van der Waals surface area contributed by atoms with E-state index in [-0.39, 0.29) is 28.1 Å². The largest absolute Gasteiger partial charge is 0.507 e. The predicted octanol–water partition coefficient (Wildman–Crippen LogP) is 2.77. The number of phenolic OH excluding ortho intramolecular Hbond substituents is 1. The number of halogens is 1. The molecular weight excluding hydrogens is 308 g/mol. The lowest BCUT2D eigenvalue weighted by atomic mass is 10.0. The van der Waals surface area contributed by atoms with Gasteiger partial charge in [-0.3, -0.25) is 0 Å². The van der Waals surface area contributed by atoms with Crippen molar-refractivity contribution in [1.29, 1.82) is 0 Å². The van der Waals surface area contributed by atoms with Crippen molar-refractivity contribution in [2.75, 3.05) is 0 Å². The van der Waals surface area contributed by atoms with Crippen molar-refractivity contribution < 1.29 is 14.8 Å². The molecule has 22 heavy (non-hydrogen) atoms. The van der Waals surface area contributed by atoms with Crippen LogP contribution in [0.25, 0.3) is 10.8 Å². The summed E-state index contributed by atoms with van der Waals surface area (Å²) in [4.78, 5) is 11.7. The van der Waals surface area contributed by atoms with Gasteiger partial charge in [-0.05, 0) is 24.3 Å². The number of nitrogens with zero attached hydrogens (tertiary/aromatic N) is 2. The van der Waals surface area contributed by atoms with Gasteiger partial charge >= 0.3 is 5.63 Å². The van der Waals surface area contributed by atoms with Crippen molar-refractivity contribution in [3.63, 3.8) is 0 Å². The minimum atomic E-state index is -0.605. The number of aromatic hydroxyl groups is 1. The Balaban J connectivity index is 2.32. The van der Waals surface area contributed by atoms with Crippen molar-refractivity contribution in [2.24, 2.45) is 5.16 Å². The van der Waals surface area contributed by atoms with Gasteiger partial charge in [0.1, 0.15) is 17.2 Å². The third-order valence-electron chi connectivity index (χ3n) is 3.16. The topological polar surface area (TPSA) is 95.9 Å². The summed E-state index contributed by atoms with van der Waals surface area (Å²) in [6, 6.07) is 10.9. The van der Waals surface area contributed by atoms with Crippen molar-refractivity contribution in [3.8, 4) is 5.75 Å². The zero-order chi connectivity index (χ0) is 15.7. The maximum absolute atomic E-state index is 11.7. The molecule has 0 aliphatic heterocycles. The van der Waals surface area contributed by atoms with Gasteiger partial charge in [0.2, 0.25) is 0 Å². The van der Waals surface area contributed by atoms with Crippen LogP contribution >= 0.6 is 11.6 Å². The number of aromatic nitrogens is 1. The summed E-state index contributed by atoms with van der Waals surface area (Å²) >= 11 is 5.91. The first kappa shape index (κ1) is 14.1. The lowest BCUT2D eigenvalue weighted by molar-refractivity contribution is 0.317. The van der Waals surface area contributed by atoms with E-state index in [2.05, 4.69) is 10.3 Å². The average Bonchev–Trinajstić information content (AvgIpc) is 2.53. The van der Waals surface area contributed by atoms with E-state index in [9.17, 15) is 15.1 Å². The maximum atomic E-state index is 11.7. The predicted molar refractivity (Wildman–Crippen MR) is 80.8 cm³/mol. The summed E-state index contributed by atoms with van der Waals surface area (Å²) < 4.78 is 4.73. The highest BCUT2D eigenvalue weighted by Gasteiger charge is 2.19. The first-order valence-corrected chi connectivity index (χ1v) is 6.59. The summed E-state index contributed by atoms with van der Waals surface area (Å²) in [6.45, 7) is 0. The lowest BCUT2D eigenvalue weighted by Crippen LogP contribution is -2.12. The van der Waals surface area contributed by atoms with E-state index < -0.39 is 5.63 Å². The first-order valence-electron chi connectivity index (χ1n) is 6.22. The Bertz CT molecular complexity index is 950. The molecule has 6 nitrogen and oxygen atoms in total. The minimum Gasteiger partial charge on any atom is -0.507 e. The van der Waals surface area contributed by atoms with Crippen LogP contribution < -0.4 is 5.63 Å². The van der Waals surface area contributed by atoms with Gasteiger partial charge in [0.25, 0.3) is 0 Å². The molecular formula is C15H9ClN2O4. The number of hydrogen-bond donors (Lipinski definition) is 2. The summed E-state index contributed by atoms with van der Waals surface area (Å²) in [5.41, 5.74) is -0.372. The van der Waals surface area contributed by atoms with Crippen LogP contribution in [0.4, 0.5) is 0 Å². The minimum absolute atomic E-state index is 0.0556. The molecule has 1 heterocycles. The molecule has 0 amide bonds. The summed E-state index contributed by atoms with van der Waals surface area (Å²) in [7, 11) is 0. The van der Waals surface area contributed by atoms with Gasteiger partial charge in [-0.25, -0.2) is 4.79 Å². The zero-order valence-electron chi connectivity index (χ0n) is 11.0. The third kappa shape index (κ3) is 2.29. The van der Waals surface area contributed by atoms with Crippen LogP contribution in [0.5, 0.6) is 5.75 Å². The van der Waals surface area contributed by atoms with E-state index >= 15 is 0 Å². The van der Waals surface area contributed by atoms with Crippen molar-refractivity contribution in [3.05, 3.63) is 69.2 Å². The van der Waals surface area contributed by atoms with E-state index in [0.29, 0.717) is 10.4 Å². The fourth-order valence-corrected chi connectivity index (χ4v) is 2.32. The Hall–Kier alpha value is -2.86. The highest BCUT2D eigenvalue weighted by Crippen LogP contribution is 2.26. The molecule has 3 aromatic rings. The highest BCUT2D eigenvalue weighted by molar-refractivity contribution is 6.31. The Labute approximate surface area is 128 Å². The molecule has 0 bridgehead atoms. The summed E-state index contributed by atoms with van der Waals surface area (Å²) in [5.74, 6) is -0.144. The average molecular weight is 317 g/mol. The molecule has 0 aliphatic rings. The standard InChI is InChI=1S/C15H9ClN2O4/c16-8-5-6-12(19)11(7-8)13(17-21)14-9-3-1-2-4-10(9)15(20)22-18-14/h1-7,19,21H/b17-13-. The molecule has 0 saturated heterocycles. The van der Waals surface area contributed by atoms with Gasteiger partial charge < -0.3 is 14.8 Å². The number of phenols is 1. The van der Waals surface area contributed by atoms with Crippen molar-refractivity contribution in [2.45, 2.75) is 0 Å². The van der Waals surface area contributed by atoms with E-state index in [1.165, 1.54) is 18.2 Å². The molecule has 0 atom stereocenters. The molecule has 7 heteroatoms. The maximum Gasteiger partial charge on any atom is 0.366 e. The normalized spacial score (nSPS) is 11.8. The Kier molecular flexibility index (Phi) is 3.52. The fourth-order valence-electron chi connectivity index (χ4n) is 2.15. The van der Waals surface area contributed by atoms with Crippen LogP contribution in [0.15, 0.2) is 56.9 Å². The smallest absolute Gasteiger partial charge is 0.366 e. The molecule has 2 aromatic carbocycles. The second-order valence-corrected chi connectivity index (χ2v) is 4.91. The summed E-state index contributed by atoms with van der Waals surface area (Å²) in [5, 5.41) is 27.2. The number of oxime groups is 1. The van der Waals surface area contributed by atoms with Crippen LogP contribution in [0, 0.1) is 0 Å². The first-order chi connectivity index (χ1) is 10.6. The number of hydrogen-bond acceptors (Lipinski definition) is 6. The van der Waals surface area contributed by atoms with E-state index in [1.54, 1.807) is 24.3 Å². The van der Waals surface area contributed by atoms with Gasteiger partial charge in [-0.15, -0.1) is 0 Å². The molecule has 3 rings (SSSR count). The number of benzene rings is 2. The van der Waals surface area contributed by atoms with Gasteiger partial charge in [0.05, 0.1) is 5.39 Å². The molecule has 0 unspecified atom stereocenters. The van der Waals surface area contributed by atoms with Crippen LogP contribution in [0.1, 0.15) is 11.3 Å². The highest BCUT2D eigenvalue weighted by atomic mass is 35.5. The SMILES string of the molecule is O=c1onc(/C(=N\O)c2cc(Cl)ccc2O)c2ccccc12. The monoisotopic (exact) mass is 316 g/mol.